The van der Waals surface area contributed by atoms with Gasteiger partial charge in [0.2, 0.25) is 5.91 Å². The minimum Gasteiger partial charge on any atom is -0.387 e. The highest BCUT2D eigenvalue weighted by Crippen LogP contribution is 2.25. The summed E-state index contributed by atoms with van der Waals surface area (Å²) in [5.74, 6) is -0.0244. The maximum Gasteiger partial charge on any atom is 0.227 e. The number of aliphatic hydroxyl groups excluding tert-OH is 1. The molecule has 0 aliphatic carbocycles. The third kappa shape index (κ3) is 3.26. The van der Waals surface area contributed by atoms with Crippen LogP contribution in [0.4, 0.5) is 0 Å². The predicted molar refractivity (Wildman–Crippen MR) is 75.0 cm³/mol. The summed E-state index contributed by atoms with van der Waals surface area (Å²) >= 11 is 6.01. The molecule has 1 saturated heterocycles. The number of nitrogens with one attached hydrogen (secondary N) is 2. The van der Waals surface area contributed by atoms with E-state index in [9.17, 15) is 9.90 Å². The topological polar surface area (TPSA) is 61.4 Å². The van der Waals surface area contributed by atoms with Crippen molar-refractivity contribution < 1.29 is 9.90 Å². The van der Waals surface area contributed by atoms with Gasteiger partial charge < -0.3 is 15.7 Å². The van der Waals surface area contributed by atoms with Gasteiger partial charge >= 0.3 is 0 Å². The van der Waals surface area contributed by atoms with Gasteiger partial charge in [-0.15, -0.1) is 0 Å². The lowest BCUT2D eigenvalue weighted by molar-refractivity contribution is -0.129. The molecular weight excluding hydrogens is 264 g/mol. The summed E-state index contributed by atoms with van der Waals surface area (Å²) in [6.07, 6.45) is 0.0386. The number of halogens is 1. The van der Waals surface area contributed by atoms with Crippen LogP contribution >= 0.6 is 11.6 Å². The molecule has 19 heavy (non-hydrogen) atoms. The predicted octanol–water partition coefficient (Wildman–Crippen LogP) is 1.49. The lowest BCUT2D eigenvalue weighted by Gasteiger charge is -2.23. The van der Waals surface area contributed by atoms with Gasteiger partial charge in [0.05, 0.1) is 11.5 Å². The molecule has 0 radical (unpaired) electrons. The Morgan fingerprint density at radius 2 is 2.32 bits per heavy atom. The van der Waals surface area contributed by atoms with Crippen molar-refractivity contribution in [1.29, 1.82) is 0 Å². The third-order valence-electron chi connectivity index (χ3n) is 3.64. The van der Waals surface area contributed by atoms with E-state index in [1.165, 1.54) is 0 Å². The highest BCUT2D eigenvalue weighted by molar-refractivity contribution is 6.31. The van der Waals surface area contributed by atoms with Crippen LogP contribution in [0.1, 0.15) is 25.0 Å². The number of carbonyl (C=O) groups excluding carboxylic acids is 1. The van der Waals surface area contributed by atoms with E-state index in [1.54, 1.807) is 12.1 Å². The van der Waals surface area contributed by atoms with Crippen molar-refractivity contribution in [1.82, 2.24) is 10.6 Å². The molecule has 0 aromatic heterocycles. The largest absolute Gasteiger partial charge is 0.387 e. The summed E-state index contributed by atoms with van der Waals surface area (Å²) in [6.45, 7) is 3.65. The number of carbonyl (C=O) groups is 1. The smallest absolute Gasteiger partial charge is 0.227 e. The molecule has 1 aliphatic heterocycles. The Kier molecular flexibility index (Phi) is 4.45. The second-order valence-electron chi connectivity index (χ2n) is 5.23. The second-order valence-corrected chi connectivity index (χ2v) is 5.64. The van der Waals surface area contributed by atoms with E-state index in [-0.39, 0.29) is 17.9 Å². The fraction of sp³-hybridized carbons (Fsp3) is 0.500. The quantitative estimate of drug-likeness (QED) is 0.784. The van der Waals surface area contributed by atoms with Gasteiger partial charge in [-0.3, -0.25) is 4.79 Å². The van der Waals surface area contributed by atoms with E-state index in [2.05, 4.69) is 10.6 Å². The van der Waals surface area contributed by atoms with Gasteiger partial charge in [0.15, 0.2) is 0 Å². The normalized spacial score (nSPS) is 24.2. The van der Waals surface area contributed by atoms with E-state index < -0.39 is 6.10 Å². The van der Waals surface area contributed by atoms with Crippen molar-refractivity contribution in [2.75, 3.05) is 19.6 Å². The van der Waals surface area contributed by atoms with Gasteiger partial charge in [0.25, 0.3) is 0 Å². The number of rotatable bonds is 4. The van der Waals surface area contributed by atoms with Crippen molar-refractivity contribution in [2.24, 2.45) is 5.41 Å². The van der Waals surface area contributed by atoms with E-state index in [1.807, 2.05) is 19.1 Å². The average Bonchev–Trinajstić information content (AvgIpc) is 2.84. The molecule has 0 spiro atoms. The van der Waals surface area contributed by atoms with Crippen molar-refractivity contribution in [3.63, 3.8) is 0 Å². The van der Waals surface area contributed by atoms with Crippen LogP contribution in [0.2, 0.25) is 5.02 Å². The molecule has 3 N–H and O–H groups in total. The maximum absolute atomic E-state index is 12.1. The molecule has 4 nitrogen and oxygen atoms in total. The molecule has 2 rings (SSSR count). The highest BCUT2D eigenvalue weighted by atomic mass is 35.5. The summed E-state index contributed by atoms with van der Waals surface area (Å²) in [7, 11) is 0. The number of aliphatic hydroxyl groups is 1. The Bertz CT molecular complexity index is 459. The molecule has 104 valence electrons. The maximum atomic E-state index is 12.1. The molecule has 1 aromatic rings. The molecule has 1 aliphatic rings. The Balaban J connectivity index is 1.92. The Labute approximate surface area is 118 Å². The summed E-state index contributed by atoms with van der Waals surface area (Å²) in [5.41, 5.74) is 0.263. The molecule has 5 heteroatoms. The summed E-state index contributed by atoms with van der Waals surface area (Å²) in [4.78, 5) is 12.1. The Morgan fingerprint density at radius 3 is 2.95 bits per heavy atom. The van der Waals surface area contributed by atoms with Crippen LogP contribution in [0, 0.1) is 5.41 Å². The van der Waals surface area contributed by atoms with Crippen LogP contribution in [0.3, 0.4) is 0 Å². The zero-order valence-electron chi connectivity index (χ0n) is 10.9. The fourth-order valence-corrected chi connectivity index (χ4v) is 2.53. The monoisotopic (exact) mass is 282 g/mol. The number of benzene rings is 1. The number of hydrogen-bond acceptors (Lipinski definition) is 3. The summed E-state index contributed by atoms with van der Waals surface area (Å²) in [5, 5.41) is 16.6. The van der Waals surface area contributed by atoms with E-state index in [4.69, 9.17) is 11.6 Å². The molecule has 1 fully saturated rings. The van der Waals surface area contributed by atoms with E-state index in [0.29, 0.717) is 17.1 Å². The van der Waals surface area contributed by atoms with Crippen LogP contribution in [0.5, 0.6) is 0 Å². The van der Waals surface area contributed by atoms with Crippen LogP contribution in [0.25, 0.3) is 0 Å². The standard InChI is InChI=1S/C14H19ClN2O2/c1-14(6-7-16-9-14)13(19)17-8-12(18)10-4-2-3-5-11(10)15/h2-5,12,16,18H,6-9H2,1H3,(H,17,19)/t12-,14-/m1/s1. The summed E-state index contributed by atoms with van der Waals surface area (Å²) < 4.78 is 0. The van der Waals surface area contributed by atoms with Gasteiger partial charge in [-0.05, 0) is 26.0 Å². The van der Waals surface area contributed by atoms with Gasteiger partial charge in [-0.1, -0.05) is 29.8 Å². The fourth-order valence-electron chi connectivity index (χ4n) is 2.27. The van der Waals surface area contributed by atoms with Crippen molar-refractivity contribution >= 4 is 17.5 Å². The molecule has 1 amide bonds. The van der Waals surface area contributed by atoms with E-state index in [0.717, 1.165) is 13.0 Å². The van der Waals surface area contributed by atoms with Crippen molar-refractivity contribution in [3.8, 4) is 0 Å². The molecule has 2 atom stereocenters. The van der Waals surface area contributed by atoms with Gasteiger partial charge in [0.1, 0.15) is 0 Å². The SMILES string of the molecule is C[C@@]1(C(=O)NC[C@@H](O)c2ccccc2Cl)CCNC1. The molecule has 0 unspecified atom stereocenters. The van der Waals surface area contributed by atoms with Crippen molar-refractivity contribution in [3.05, 3.63) is 34.9 Å². The first kappa shape index (κ1) is 14.3. The van der Waals surface area contributed by atoms with E-state index >= 15 is 0 Å². The Hall–Kier alpha value is -1.10. The number of amides is 1. The third-order valence-corrected chi connectivity index (χ3v) is 3.98. The first-order valence-corrected chi connectivity index (χ1v) is 6.82. The molecular formula is C14H19ClN2O2. The minimum absolute atomic E-state index is 0.0244. The van der Waals surface area contributed by atoms with Crippen LogP contribution in [0.15, 0.2) is 24.3 Å². The molecule has 0 saturated carbocycles. The van der Waals surface area contributed by atoms with Crippen LogP contribution in [-0.2, 0) is 4.79 Å². The van der Waals surface area contributed by atoms with Gasteiger partial charge in [0, 0.05) is 23.7 Å². The second kappa shape index (κ2) is 5.90. The van der Waals surface area contributed by atoms with Crippen molar-refractivity contribution in [2.45, 2.75) is 19.4 Å². The Morgan fingerprint density at radius 1 is 1.58 bits per heavy atom. The first-order valence-electron chi connectivity index (χ1n) is 6.44. The molecule has 1 heterocycles. The molecule has 0 bridgehead atoms. The number of hydrogen-bond donors (Lipinski definition) is 3. The lowest BCUT2D eigenvalue weighted by Crippen LogP contribution is -2.42. The molecule has 1 aromatic carbocycles. The zero-order valence-corrected chi connectivity index (χ0v) is 11.7. The van der Waals surface area contributed by atoms with Gasteiger partial charge in [-0.25, -0.2) is 0 Å². The zero-order chi connectivity index (χ0) is 13.9. The van der Waals surface area contributed by atoms with Gasteiger partial charge in [-0.2, -0.15) is 0 Å². The van der Waals surface area contributed by atoms with Crippen LogP contribution < -0.4 is 10.6 Å². The first-order chi connectivity index (χ1) is 9.03. The lowest BCUT2D eigenvalue weighted by atomic mass is 9.89. The highest BCUT2D eigenvalue weighted by Gasteiger charge is 2.36. The summed E-state index contributed by atoms with van der Waals surface area (Å²) in [6, 6.07) is 7.11. The average molecular weight is 283 g/mol. The van der Waals surface area contributed by atoms with Crippen LogP contribution in [-0.4, -0.2) is 30.6 Å². The minimum atomic E-state index is -0.782.